The van der Waals surface area contributed by atoms with Gasteiger partial charge < -0.3 is 46.3 Å². The number of morpholine rings is 1. The van der Waals surface area contributed by atoms with Crippen LogP contribution >= 0.6 is 0 Å². The molecule has 63 heavy (non-hydrogen) atoms. The minimum absolute atomic E-state index is 0.0874. The average Bonchev–Trinajstić information content (AvgIpc) is 3.42. The van der Waals surface area contributed by atoms with E-state index < -0.39 is 0 Å². The van der Waals surface area contributed by atoms with E-state index in [4.69, 9.17) is 21.9 Å². The molecule has 3 atom stereocenters. The van der Waals surface area contributed by atoms with Crippen LogP contribution in [0.2, 0.25) is 0 Å². The number of nitrogens with two attached hydrogens (primary N) is 3. The first-order valence-electron chi connectivity index (χ1n) is 22.4. The minimum atomic E-state index is -0.371. The Morgan fingerprint density at radius 1 is 0.952 bits per heavy atom. The first-order chi connectivity index (χ1) is 30.3. The number of allylic oxidation sites excluding steroid dienone is 1. The summed E-state index contributed by atoms with van der Waals surface area (Å²) < 4.78 is 8.56. The van der Waals surface area contributed by atoms with E-state index in [1.165, 1.54) is 12.8 Å². The molecule has 4 amide bonds. The summed E-state index contributed by atoms with van der Waals surface area (Å²) in [5.41, 5.74) is 24.5. The molecule has 15 nitrogen and oxygen atoms in total. The van der Waals surface area contributed by atoms with E-state index in [1.807, 2.05) is 42.2 Å². The van der Waals surface area contributed by atoms with Gasteiger partial charge in [0.2, 0.25) is 5.91 Å². The van der Waals surface area contributed by atoms with Gasteiger partial charge in [0.15, 0.2) is 0 Å². The molecule has 0 radical (unpaired) electrons. The third-order valence-corrected chi connectivity index (χ3v) is 12.9. The molecular weight excluding hydrogens is 797 g/mol. The number of amides is 4. The number of phenolic OH excluding ortho intramolecular Hbond substituents is 1. The number of urea groups is 1. The molecule has 0 bridgehead atoms. The highest BCUT2D eigenvalue weighted by molar-refractivity contribution is 6.06. The SMILES string of the molecule is CCC1CCCCN(C(=O)c2ccc(C3CN(C(/C=C(\N)c4ccccc4O)=C(N)N)CC(C)O3)cc2)C1.Cc1cn(C2CCN(C)CC2)c2ncc(N3CCC(=O)NC3=O)cc12. The summed E-state index contributed by atoms with van der Waals surface area (Å²) in [6.45, 7) is 11.6. The van der Waals surface area contributed by atoms with Crippen molar-refractivity contribution < 1.29 is 24.2 Å². The number of pyridine rings is 1. The average molecular weight is 861 g/mol. The Labute approximate surface area is 370 Å². The number of ether oxygens (including phenoxy) is 1. The quantitative estimate of drug-likeness (QED) is 0.131. The highest BCUT2D eigenvalue weighted by atomic mass is 16.5. The smallest absolute Gasteiger partial charge is 0.328 e. The van der Waals surface area contributed by atoms with Gasteiger partial charge in [0.05, 0.1) is 23.7 Å². The molecule has 0 saturated carbocycles. The fourth-order valence-electron chi connectivity index (χ4n) is 9.19. The molecule has 4 aliphatic heterocycles. The summed E-state index contributed by atoms with van der Waals surface area (Å²) in [6, 6.07) is 16.7. The molecule has 6 heterocycles. The predicted molar refractivity (Wildman–Crippen MR) is 246 cm³/mol. The van der Waals surface area contributed by atoms with Crippen molar-refractivity contribution in [2.24, 2.45) is 23.1 Å². The van der Waals surface area contributed by atoms with Crippen molar-refractivity contribution in [3.8, 4) is 5.75 Å². The summed E-state index contributed by atoms with van der Waals surface area (Å²) in [7, 11) is 2.16. The number of rotatable bonds is 8. The number of anilines is 1. The normalized spacial score (nSPS) is 21.7. The molecule has 8 rings (SSSR count). The summed E-state index contributed by atoms with van der Waals surface area (Å²) in [5.74, 6) is 0.682. The number of nitrogens with zero attached hydrogens (tertiary/aromatic N) is 6. The van der Waals surface area contributed by atoms with Crippen LogP contribution in [0.1, 0.15) is 98.0 Å². The van der Waals surface area contributed by atoms with Gasteiger partial charge in [-0.05, 0) is 113 Å². The van der Waals surface area contributed by atoms with Crippen LogP contribution in [0.4, 0.5) is 10.5 Å². The predicted octanol–water partition coefficient (Wildman–Crippen LogP) is 5.95. The lowest BCUT2D eigenvalue weighted by Crippen LogP contribution is -2.49. The zero-order valence-corrected chi connectivity index (χ0v) is 37.1. The van der Waals surface area contributed by atoms with E-state index in [2.05, 4.69) is 51.8 Å². The number of piperidine rings is 1. The number of imide groups is 1. The molecule has 2 aromatic heterocycles. The van der Waals surface area contributed by atoms with Crippen molar-refractivity contribution >= 4 is 40.3 Å². The largest absolute Gasteiger partial charge is 0.507 e. The Morgan fingerprint density at radius 2 is 1.70 bits per heavy atom. The summed E-state index contributed by atoms with van der Waals surface area (Å²) in [4.78, 5) is 49.3. The van der Waals surface area contributed by atoms with Gasteiger partial charge in [-0.3, -0.25) is 19.8 Å². The van der Waals surface area contributed by atoms with Crippen molar-refractivity contribution in [3.05, 3.63) is 107 Å². The van der Waals surface area contributed by atoms with Gasteiger partial charge in [-0.2, -0.15) is 0 Å². The fourth-order valence-corrected chi connectivity index (χ4v) is 9.19. The van der Waals surface area contributed by atoms with Crippen LogP contribution in [0.15, 0.2) is 84.6 Å². The molecule has 4 aromatic rings. The Morgan fingerprint density at radius 3 is 2.40 bits per heavy atom. The van der Waals surface area contributed by atoms with E-state index >= 15 is 0 Å². The molecule has 15 heteroatoms. The molecule has 0 aliphatic carbocycles. The monoisotopic (exact) mass is 861 g/mol. The Hall–Kier alpha value is -6.06. The number of aromatic hydroxyl groups is 1. The summed E-state index contributed by atoms with van der Waals surface area (Å²) in [5, 5.41) is 13.6. The van der Waals surface area contributed by atoms with E-state index in [1.54, 1.807) is 41.4 Å². The van der Waals surface area contributed by atoms with Gasteiger partial charge in [0.25, 0.3) is 5.91 Å². The van der Waals surface area contributed by atoms with Crippen LogP contribution in [-0.2, 0) is 9.53 Å². The van der Waals surface area contributed by atoms with Crippen molar-refractivity contribution in [2.45, 2.75) is 84.0 Å². The van der Waals surface area contributed by atoms with E-state index in [-0.39, 0.29) is 41.6 Å². The minimum Gasteiger partial charge on any atom is -0.507 e. The first kappa shape index (κ1) is 45.0. The van der Waals surface area contributed by atoms with Crippen LogP contribution in [0.5, 0.6) is 5.75 Å². The highest BCUT2D eigenvalue weighted by Crippen LogP contribution is 2.33. The second kappa shape index (κ2) is 20.0. The second-order valence-electron chi connectivity index (χ2n) is 17.5. The van der Waals surface area contributed by atoms with E-state index in [9.17, 15) is 19.5 Å². The van der Waals surface area contributed by atoms with Crippen molar-refractivity contribution in [1.29, 1.82) is 0 Å². The number of aryl methyl sites for hydroxylation is 1. The number of fused-ring (bicyclic) bond motifs is 1. The maximum atomic E-state index is 13.2. The number of phenols is 1. The number of carbonyl (C=O) groups is 3. The molecule has 4 saturated heterocycles. The van der Waals surface area contributed by atoms with Gasteiger partial charge in [0, 0.05) is 73.6 Å². The van der Waals surface area contributed by atoms with Crippen LogP contribution in [0.3, 0.4) is 0 Å². The van der Waals surface area contributed by atoms with Gasteiger partial charge >= 0.3 is 6.03 Å². The third kappa shape index (κ3) is 10.6. The lowest BCUT2D eigenvalue weighted by Gasteiger charge is -2.39. The molecule has 0 spiro atoms. The van der Waals surface area contributed by atoms with Gasteiger partial charge in [-0.15, -0.1) is 0 Å². The van der Waals surface area contributed by atoms with Crippen LogP contribution in [-0.4, -0.2) is 106 Å². The number of carbonyl (C=O) groups excluding carboxylic acids is 3. The Balaban J connectivity index is 0.000000205. The molecule has 2 aromatic carbocycles. The lowest BCUT2D eigenvalue weighted by molar-refractivity contribution is -0.120. The molecule has 3 unspecified atom stereocenters. The van der Waals surface area contributed by atoms with Crippen LogP contribution < -0.4 is 27.4 Å². The summed E-state index contributed by atoms with van der Waals surface area (Å²) >= 11 is 0. The van der Waals surface area contributed by atoms with Gasteiger partial charge in [-0.25, -0.2) is 9.78 Å². The molecule has 4 fully saturated rings. The fraction of sp³-hybridized carbons (Fsp3) is 0.458. The first-order valence-corrected chi connectivity index (χ1v) is 22.4. The number of hydrogen-bond acceptors (Lipinski definition) is 11. The lowest BCUT2D eigenvalue weighted by atomic mass is 10.0. The van der Waals surface area contributed by atoms with Crippen LogP contribution in [0, 0.1) is 12.8 Å². The number of nitrogens with one attached hydrogen (secondary N) is 1. The molecule has 8 N–H and O–H groups in total. The topological polar surface area (TPSA) is 202 Å². The number of likely N-dealkylation sites (tertiary alicyclic amines) is 2. The third-order valence-electron chi connectivity index (χ3n) is 12.9. The Bertz CT molecular complexity index is 2330. The number of aromatic nitrogens is 2. The zero-order valence-electron chi connectivity index (χ0n) is 37.1. The number of benzene rings is 2. The number of para-hydroxylation sites is 1. The molecular formula is C48H64N10O5. The van der Waals surface area contributed by atoms with Crippen LogP contribution in [0.25, 0.3) is 16.7 Å². The van der Waals surface area contributed by atoms with Gasteiger partial charge in [-0.1, -0.05) is 44.0 Å². The van der Waals surface area contributed by atoms with Crippen molar-refractivity contribution in [1.82, 2.24) is 29.6 Å². The standard InChI is InChI=1S/C30H41N5O3.C18H23N5O2/c1-3-21-8-6-7-15-34(18-21)30(37)23-13-11-22(12-14-23)28-19-35(17-20(2)38-28)26(29(32)33)16-25(31)24-9-4-5-10-27(24)36;1-12-11-23(13-3-6-21(2)7-4-13)17-15(12)9-14(10-19-17)22-8-5-16(24)20-18(22)25/h4-5,9-14,16,20-21,28,36H,3,6-8,15,17-19,31-33H2,1-2H3;9-11,13H,3-8H2,1-2H3,(H,20,24,25)/b25-16-;. The van der Waals surface area contributed by atoms with E-state index in [0.29, 0.717) is 60.5 Å². The maximum Gasteiger partial charge on any atom is 0.328 e. The van der Waals surface area contributed by atoms with Gasteiger partial charge in [0.1, 0.15) is 23.3 Å². The molecule has 4 aliphatic rings. The zero-order chi connectivity index (χ0) is 44.8. The molecule has 336 valence electrons. The van der Waals surface area contributed by atoms with Crippen molar-refractivity contribution in [2.75, 3.05) is 57.8 Å². The highest BCUT2D eigenvalue weighted by Gasteiger charge is 2.30. The number of hydrogen-bond donors (Lipinski definition) is 5. The second-order valence-corrected chi connectivity index (χ2v) is 17.5. The maximum absolute atomic E-state index is 13.2. The Kier molecular flexibility index (Phi) is 14.3. The summed E-state index contributed by atoms with van der Waals surface area (Å²) in [6.07, 6.45) is 12.4. The van der Waals surface area contributed by atoms with Crippen molar-refractivity contribution in [3.63, 3.8) is 0 Å². The van der Waals surface area contributed by atoms with E-state index in [0.717, 1.165) is 79.7 Å².